The van der Waals surface area contributed by atoms with E-state index in [4.69, 9.17) is 5.11 Å². The van der Waals surface area contributed by atoms with Gasteiger partial charge >= 0.3 is 5.97 Å². The summed E-state index contributed by atoms with van der Waals surface area (Å²) in [6.45, 7) is 5.32. The number of non-ortho nitro benzene ring substituents is 1. The molecular formula is C12H16N2O4. The zero-order valence-corrected chi connectivity index (χ0v) is 10.5. The fraction of sp³-hybridized carbons (Fsp3) is 0.417. The fourth-order valence-corrected chi connectivity index (χ4v) is 1.56. The third kappa shape index (κ3) is 3.19. The number of hydrogen-bond acceptors (Lipinski definition) is 4. The van der Waals surface area contributed by atoms with Crippen molar-refractivity contribution in [2.45, 2.75) is 26.8 Å². The normalized spacial score (nSPS) is 12.2. The van der Waals surface area contributed by atoms with E-state index in [0.29, 0.717) is 5.69 Å². The highest BCUT2D eigenvalue weighted by atomic mass is 16.6. The van der Waals surface area contributed by atoms with Crippen molar-refractivity contribution in [3.8, 4) is 0 Å². The van der Waals surface area contributed by atoms with Gasteiger partial charge in [0.25, 0.3) is 5.69 Å². The molecule has 18 heavy (non-hydrogen) atoms. The third-order valence-corrected chi connectivity index (χ3v) is 2.68. The lowest BCUT2D eigenvalue weighted by Gasteiger charge is -2.20. The van der Waals surface area contributed by atoms with Gasteiger partial charge in [-0.1, -0.05) is 19.9 Å². The van der Waals surface area contributed by atoms with E-state index in [1.54, 1.807) is 26.8 Å². The van der Waals surface area contributed by atoms with Crippen LogP contribution in [0.25, 0.3) is 0 Å². The largest absolute Gasteiger partial charge is 0.480 e. The molecule has 0 aliphatic rings. The first-order chi connectivity index (χ1) is 8.32. The summed E-state index contributed by atoms with van der Waals surface area (Å²) in [5, 5.41) is 22.6. The summed E-state index contributed by atoms with van der Waals surface area (Å²) in [5.74, 6) is -1.10. The van der Waals surface area contributed by atoms with Gasteiger partial charge in [-0.3, -0.25) is 10.1 Å². The van der Waals surface area contributed by atoms with Crippen LogP contribution in [-0.4, -0.2) is 22.0 Å². The van der Waals surface area contributed by atoms with Crippen molar-refractivity contribution in [3.05, 3.63) is 33.9 Å². The minimum absolute atomic E-state index is 0.0593. The molecule has 0 saturated heterocycles. The smallest absolute Gasteiger partial charge is 0.326 e. The van der Waals surface area contributed by atoms with E-state index in [0.717, 1.165) is 5.56 Å². The number of carboxylic acid groups (broad SMARTS) is 1. The number of hydrogen-bond donors (Lipinski definition) is 2. The second-order valence-electron chi connectivity index (χ2n) is 4.46. The first-order valence-electron chi connectivity index (χ1n) is 5.57. The maximum absolute atomic E-state index is 11.1. The lowest BCUT2D eigenvalue weighted by atomic mass is 10.0. The van der Waals surface area contributed by atoms with Gasteiger partial charge in [-0.15, -0.1) is 0 Å². The number of benzene rings is 1. The number of aryl methyl sites for hydroxylation is 1. The lowest BCUT2D eigenvalue weighted by Crippen LogP contribution is -2.34. The Labute approximate surface area is 105 Å². The lowest BCUT2D eigenvalue weighted by molar-refractivity contribution is -0.384. The van der Waals surface area contributed by atoms with Crippen molar-refractivity contribution >= 4 is 17.3 Å². The van der Waals surface area contributed by atoms with Gasteiger partial charge in [0, 0.05) is 17.8 Å². The number of aliphatic carboxylic acids is 1. The maximum atomic E-state index is 11.1. The molecule has 0 amide bonds. The molecule has 1 atom stereocenters. The molecule has 0 radical (unpaired) electrons. The Bertz CT molecular complexity index is 471. The van der Waals surface area contributed by atoms with Gasteiger partial charge in [-0.2, -0.15) is 0 Å². The van der Waals surface area contributed by atoms with Crippen LogP contribution in [0.4, 0.5) is 11.4 Å². The number of anilines is 1. The van der Waals surface area contributed by atoms with Crippen molar-refractivity contribution in [2.75, 3.05) is 5.32 Å². The Morgan fingerprint density at radius 3 is 2.50 bits per heavy atom. The molecule has 0 bridgehead atoms. The minimum atomic E-state index is -0.976. The van der Waals surface area contributed by atoms with Gasteiger partial charge in [0.15, 0.2) is 0 Å². The molecule has 0 aromatic heterocycles. The van der Waals surface area contributed by atoms with Crippen LogP contribution in [0.5, 0.6) is 0 Å². The highest BCUT2D eigenvalue weighted by Gasteiger charge is 2.22. The van der Waals surface area contributed by atoms with Crippen LogP contribution in [0.2, 0.25) is 0 Å². The van der Waals surface area contributed by atoms with E-state index in [-0.39, 0.29) is 11.6 Å². The first kappa shape index (κ1) is 14.0. The van der Waals surface area contributed by atoms with Crippen LogP contribution < -0.4 is 5.32 Å². The molecule has 1 aromatic rings. The fourth-order valence-electron chi connectivity index (χ4n) is 1.56. The molecule has 0 spiro atoms. The summed E-state index contributed by atoms with van der Waals surface area (Å²) < 4.78 is 0. The van der Waals surface area contributed by atoms with Crippen molar-refractivity contribution in [3.63, 3.8) is 0 Å². The van der Waals surface area contributed by atoms with Crippen molar-refractivity contribution in [1.82, 2.24) is 0 Å². The van der Waals surface area contributed by atoms with E-state index in [2.05, 4.69) is 5.32 Å². The predicted octanol–water partition coefficient (Wildman–Crippen LogP) is 2.42. The van der Waals surface area contributed by atoms with Crippen LogP contribution in [0.1, 0.15) is 19.4 Å². The van der Waals surface area contributed by atoms with Gasteiger partial charge in [0.2, 0.25) is 0 Å². The second-order valence-corrected chi connectivity index (χ2v) is 4.46. The minimum Gasteiger partial charge on any atom is -0.480 e. The zero-order valence-electron chi connectivity index (χ0n) is 10.5. The number of nitro benzene ring substituents is 1. The van der Waals surface area contributed by atoms with E-state index in [9.17, 15) is 14.9 Å². The number of carboxylic acids is 1. The molecule has 0 heterocycles. The Kier molecular flexibility index (Phi) is 4.25. The molecule has 0 fully saturated rings. The highest BCUT2D eigenvalue weighted by molar-refractivity contribution is 5.78. The van der Waals surface area contributed by atoms with Crippen molar-refractivity contribution in [2.24, 2.45) is 5.92 Å². The molecule has 1 rings (SSSR count). The Hall–Kier alpha value is -2.11. The van der Waals surface area contributed by atoms with E-state index in [1.807, 2.05) is 0 Å². The summed E-state index contributed by atoms with van der Waals surface area (Å²) in [6.07, 6.45) is 0. The number of nitrogens with one attached hydrogen (secondary N) is 1. The SMILES string of the molecule is Cc1ccc([N+](=O)[O-])cc1NC(C(=O)O)C(C)C. The van der Waals surface area contributed by atoms with Crippen molar-refractivity contribution < 1.29 is 14.8 Å². The summed E-state index contributed by atoms with van der Waals surface area (Å²) in [7, 11) is 0. The summed E-state index contributed by atoms with van der Waals surface area (Å²) in [4.78, 5) is 21.3. The average Bonchev–Trinajstić information content (AvgIpc) is 2.26. The van der Waals surface area contributed by atoms with Crippen LogP contribution in [0, 0.1) is 23.0 Å². The number of rotatable bonds is 5. The van der Waals surface area contributed by atoms with Gasteiger partial charge in [0.1, 0.15) is 6.04 Å². The Morgan fingerprint density at radius 2 is 2.06 bits per heavy atom. The van der Waals surface area contributed by atoms with Gasteiger partial charge in [-0.05, 0) is 18.4 Å². The van der Waals surface area contributed by atoms with Crippen molar-refractivity contribution in [1.29, 1.82) is 0 Å². The molecule has 0 saturated carbocycles. The Balaban J connectivity index is 3.05. The Morgan fingerprint density at radius 1 is 1.44 bits per heavy atom. The molecular weight excluding hydrogens is 236 g/mol. The number of nitrogens with zero attached hydrogens (tertiary/aromatic N) is 1. The maximum Gasteiger partial charge on any atom is 0.326 e. The average molecular weight is 252 g/mol. The summed E-state index contributed by atoms with van der Waals surface area (Å²) >= 11 is 0. The first-order valence-corrected chi connectivity index (χ1v) is 5.57. The van der Waals surface area contributed by atoms with Crippen LogP contribution in [0.3, 0.4) is 0 Å². The summed E-state index contributed by atoms with van der Waals surface area (Å²) in [6, 6.07) is 3.57. The molecule has 1 unspecified atom stereocenters. The topological polar surface area (TPSA) is 92.5 Å². The molecule has 98 valence electrons. The third-order valence-electron chi connectivity index (χ3n) is 2.68. The number of nitro groups is 1. The second kappa shape index (κ2) is 5.48. The molecule has 0 aliphatic carbocycles. The molecule has 6 nitrogen and oxygen atoms in total. The summed E-state index contributed by atoms with van der Waals surface area (Å²) in [5.41, 5.74) is 1.19. The number of carbonyl (C=O) groups is 1. The van der Waals surface area contributed by atoms with E-state index in [1.165, 1.54) is 12.1 Å². The molecule has 6 heteroatoms. The molecule has 0 aliphatic heterocycles. The monoisotopic (exact) mass is 252 g/mol. The van der Waals surface area contributed by atoms with Crippen LogP contribution in [0.15, 0.2) is 18.2 Å². The predicted molar refractivity (Wildman–Crippen MR) is 67.7 cm³/mol. The van der Waals surface area contributed by atoms with Crippen LogP contribution >= 0.6 is 0 Å². The van der Waals surface area contributed by atoms with E-state index >= 15 is 0 Å². The van der Waals surface area contributed by atoms with Gasteiger partial charge in [0.05, 0.1) is 4.92 Å². The van der Waals surface area contributed by atoms with Gasteiger partial charge < -0.3 is 10.4 Å². The van der Waals surface area contributed by atoms with E-state index < -0.39 is 16.9 Å². The highest BCUT2D eigenvalue weighted by Crippen LogP contribution is 2.23. The standard InChI is InChI=1S/C12H16N2O4/c1-7(2)11(12(15)16)13-10-6-9(14(17)18)5-4-8(10)3/h4-7,11,13H,1-3H3,(H,15,16). The van der Waals surface area contributed by atoms with Gasteiger partial charge in [-0.25, -0.2) is 4.79 Å². The molecule has 2 N–H and O–H groups in total. The quantitative estimate of drug-likeness (QED) is 0.620. The zero-order chi connectivity index (χ0) is 13.9. The van der Waals surface area contributed by atoms with Crippen LogP contribution in [-0.2, 0) is 4.79 Å². The molecule has 1 aromatic carbocycles.